The summed E-state index contributed by atoms with van der Waals surface area (Å²) in [4.78, 5) is 8.33. The van der Waals surface area contributed by atoms with E-state index in [0.29, 0.717) is 0 Å². The summed E-state index contributed by atoms with van der Waals surface area (Å²) in [6, 6.07) is 0. The van der Waals surface area contributed by atoms with Crippen molar-refractivity contribution in [2.45, 2.75) is 0 Å². The molecule has 0 aliphatic rings. The van der Waals surface area contributed by atoms with Crippen LogP contribution in [0.3, 0.4) is 0 Å². The molecule has 0 fully saturated rings. The van der Waals surface area contributed by atoms with Gasteiger partial charge in [-0.1, -0.05) is 0 Å². The van der Waals surface area contributed by atoms with Crippen LogP contribution in [-0.2, 0) is 17.1 Å². The van der Waals surface area contributed by atoms with Crippen molar-refractivity contribution < 1.29 is 43.0 Å². The van der Waals surface area contributed by atoms with Crippen LogP contribution in [0.4, 0.5) is 4.79 Å². The van der Waals surface area contributed by atoms with Gasteiger partial charge in [0.05, 0.1) is 0 Å². The zero-order chi connectivity index (χ0) is 3.58. The Kier molecular flexibility index (Phi) is 127. The van der Waals surface area contributed by atoms with Gasteiger partial charge in [-0.05, 0) is 6.16 Å². The minimum absolute atomic E-state index is 0. The molecular formula is CH3FeMgO5+2. The van der Waals surface area contributed by atoms with Crippen LogP contribution in [0, 0.1) is 0 Å². The summed E-state index contributed by atoms with van der Waals surface area (Å²) in [6.07, 6.45) is -2.33. The first-order chi connectivity index (χ1) is 1.73. The molecule has 7 heteroatoms. The fourth-order valence-corrected chi connectivity index (χ4v) is 0. The van der Waals surface area contributed by atoms with Crippen molar-refractivity contribution in [1.82, 2.24) is 0 Å². The first-order valence-electron chi connectivity index (χ1n) is 0.612. The van der Waals surface area contributed by atoms with Crippen molar-refractivity contribution in [3.63, 3.8) is 0 Å². The number of carbonyl (C=O) groups excluding carboxylic acids is 1. The largest absolute Gasteiger partial charge is 3.00 e. The molecule has 8 heavy (non-hydrogen) atoms. The summed E-state index contributed by atoms with van der Waals surface area (Å²) in [6.45, 7) is 0. The molecule has 0 saturated heterocycles. The van der Waals surface area contributed by atoms with Crippen molar-refractivity contribution in [3.05, 3.63) is 0 Å². The maximum Gasteiger partial charge on any atom is 3.00 e. The van der Waals surface area contributed by atoms with Crippen LogP contribution in [-0.4, -0.2) is 40.2 Å². The van der Waals surface area contributed by atoms with Crippen molar-refractivity contribution >= 4 is 29.2 Å². The number of carbonyl (C=O) groups is 1. The van der Waals surface area contributed by atoms with E-state index in [0.717, 1.165) is 0 Å². The molecule has 0 unspecified atom stereocenters. The van der Waals surface area contributed by atoms with Gasteiger partial charge in [0.1, 0.15) is 0 Å². The SMILES string of the molecule is O.O=C([O-])[O-].[Fe+3].[Mg+2].[OH-]. The molecule has 0 atom stereocenters. The standard InChI is InChI=1S/CH2O3.Fe.Mg.2H2O/c2-1(3)4;;;;/h(H2,2,3,4);;;2*1H2/q;+3;+2;;/p-3. The molecule has 0 aliphatic heterocycles. The van der Waals surface area contributed by atoms with Crippen LogP contribution in [0.1, 0.15) is 0 Å². The van der Waals surface area contributed by atoms with E-state index < -0.39 is 6.16 Å². The topological polar surface area (TPSA) is 125 Å². The molecule has 3 N–H and O–H groups in total. The van der Waals surface area contributed by atoms with Crippen molar-refractivity contribution in [1.29, 1.82) is 0 Å². The summed E-state index contributed by atoms with van der Waals surface area (Å²) in [5.74, 6) is 0. The molecule has 0 rings (SSSR count). The van der Waals surface area contributed by atoms with E-state index in [2.05, 4.69) is 0 Å². The van der Waals surface area contributed by atoms with Crippen LogP contribution >= 0.6 is 0 Å². The molecular weight excluding hydrogens is 172 g/mol. The molecule has 5 nitrogen and oxygen atoms in total. The third-order valence-corrected chi connectivity index (χ3v) is 0. The first kappa shape index (κ1) is 39.2. The van der Waals surface area contributed by atoms with Gasteiger partial charge in [-0.2, -0.15) is 0 Å². The maximum atomic E-state index is 8.33. The van der Waals surface area contributed by atoms with Crippen molar-refractivity contribution in [2.75, 3.05) is 0 Å². The van der Waals surface area contributed by atoms with E-state index in [1.807, 2.05) is 0 Å². The third-order valence-electron chi connectivity index (χ3n) is 0. The Morgan fingerprint density at radius 1 is 1.25 bits per heavy atom. The van der Waals surface area contributed by atoms with Crippen LogP contribution in [0.25, 0.3) is 0 Å². The van der Waals surface area contributed by atoms with E-state index in [1.54, 1.807) is 0 Å². The molecule has 0 bridgehead atoms. The summed E-state index contributed by atoms with van der Waals surface area (Å²) in [5.41, 5.74) is 0. The average molecular weight is 175 g/mol. The van der Waals surface area contributed by atoms with Crippen molar-refractivity contribution in [3.8, 4) is 0 Å². The summed E-state index contributed by atoms with van der Waals surface area (Å²) < 4.78 is 0. The Bertz CT molecular complexity index is 35.4. The molecule has 0 aromatic heterocycles. The van der Waals surface area contributed by atoms with Crippen LogP contribution in [0.2, 0.25) is 0 Å². The first-order valence-corrected chi connectivity index (χ1v) is 0.612. The Labute approximate surface area is 72.3 Å². The zero-order valence-electron chi connectivity index (χ0n) is 3.73. The number of rotatable bonds is 0. The van der Waals surface area contributed by atoms with E-state index in [1.165, 1.54) is 0 Å². The zero-order valence-corrected chi connectivity index (χ0v) is 6.25. The van der Waals surface area contributed by atoms with Gasteiger partial charge >= 0.3 is 40.1 Å². The fourth-order valence-electron chi connectivity index (χ4n) is 0. The van der Waals surface area contributed by atoms with Gasteiger partial charge in [0.2, 0.25) is 0 Å². The minimum Gasteiger partial charge on any atom is -0.870 e. The molecule has 45 valence electrons. The second kappa shape index (κ2) is 26.0. The maximum absolute atomic E-state index is 8.33. The molecule has 0 heterocycles. The minimum atomic E-state index is -2.33. The Balaban J connectivity index is -0.00000000750. The molecule has 1 radical (unpaired) electrons. The molecule has 0 amide bonds. The molecule has 0 saturated carbocycles. The van der Waals surface area contributed by atoms with Crippen LogP contribution in [0.15, 0.2) is 0 Å². The Morgan fingerprint density at radius 2 is 1.25 bits per heavy atom. The quantitative estimate of drug-likeness (QED) is 0.349. The smallest absolute Gasteiger partial charge is 0.870 e. The summed E-state index contributed by atoms with van der Waals surface area (Å²) in [7, 11) is 0. The van der Waals surface area contributed by atoms with E-state index in [9.17, 15) is 0 Å². The van der Waals surface area contributed by atoms with Crippen LogP contribution < -0.4 is 10.2 Å². The second-order valence-corrected chi connectivity index (χ2v) is 0.250. The van der Waals surface area contributed by atoms with E-state index in [4.69, 9.17) is 15.0 Å². The van der Waals surface area contributed by atoms with E-state index in [-0.39, 0.29) is 51.1 Å². The third kappa shape index (κ3) is 858. The second-order valence-electron chi connectivity index (χ2n) is 0.250. The predicted octanol–water partition coefficient (Wildman–Crippen LogP) is -3.83. The fraction of sp³-hybridized carbons (Fsp3) is 0. The van der Waals surface area contributed by atoms with Gasteiger partial charge in [0.25, 0.3) is 0 Å². The van der Waals surface area contributed by atoms with Gasteiger partial charge in [0.15, 0.2) is 0 Å². The Hall–Kier alpha value is 0.476. The van der Waals surface area contributed by atoms with Gasteiger partial charge in [-0.25, -0.2) is 0 Å². The van der Waals surface area contributed by atoms with Gasteiger partial charge < -0.3 is 26.0 Å². The summed E-state index contributed by atoms with van der Waals surface area (Å²) in [5, 5.41) is 16.7. The number of hydrogen-bond acceptors (Lipinski definition) is 4. The normalized spacial score (nSPS) is 3.00. The molecule has 0 aromatic rings. The molecule has 0 aromatic carbocycles. The monoisotopic (exact) mass is 175 g/mol. The van der Waals surface area contributed by atoms with Gasteiger partial charge in [0, 0.05) is 0 Å². The van der Waals surface area contributed by atoms with Crippen molar-refractivity contribution in [2.24, 2.45) is 0 Å². The average Bonchev–Trinajstić information content (AvgIpc) is 0.811. The number of hydrogen-bond donors (Lipinski definition) is 0. The van der Waals surface area contributed by atoms with Gasteiger partial charge in [-0.15, -0.1) is 0 Å². The predicted molar refractivity (Wildman–Crippen MR) is 16.7 cm³/mol. The molecule has 0 aliphatic carbocycles. The van der Waals surface area contributed by atoms with Gasteiger partial charge in [-0.3, -0.25) is 0 Å². The molecule has 0 spiro atoms. The Morgan fingerprint density at radius 3 is 1.25 bits per heavy atom. The van der Waals surface area contributed by atoms with Crippen LogP contribution in [0.5, 0.6) is 0 Å². The summed E-state index contributed by atoms with van der Waals surface area (Å²) >= 11 is 0. The van der Waals surface area contributed by atoms with E-state index >= 15 is 0 Å². The number of carboxylic acid groups (broad SMARTS) is 2.